The maximum Gasteiger partial charge on any atom is 0.269 e. The maximum absolute atomic E-state index is 11.4. The molecule has 2 rings (SSSR count). The molecule has 0 bridgehead atoms. The fraction of sp³-hybridized carbons (Fsp3) is 0.333. The van der Waals surface area contributed by atoms with Gasteiger partial charge in [0.1, 0.15) is 0 Å². The van der Waals surface area contributed by atoms with Crippen molar-refractivity contribution in [1.82, 2.24) is 15.9 Å². The molecule has 0 unspecified atom stereocenters. The van der Waals surface area contributed by atoms with Crippen LogP contribution in [-0.4, -0.2) is 10.9 Å². The van der Waals surface area contributed by atoms with Gasteiger partial charge in [-0.25, -0.2) is 0 Å². The van der Waals surface area contributed by atoms with E-state index < -0.39 is 0 Å². The molecule has 0 aromatic carbocycles. The lowest BCUT2D eigenvalue weighted by Gasteiger charge is -2.19. The van der Waals surface area contributed by atoms with E-state index in [4.69, 9.17) is 0 Å². The van der Waals surface area contributed by atoms with E-state index in [0.29, 0.717) is 17.2 Å². The van der Waals surface area contributed by atoms with Gasteiger partial charge in [0.25, 0.3) is 5.91 Å². The van der Waals surface area contributed by atoms with E-state index in [1.807, 2.05) is 19.9 Å². The van der Waals surface area contributed by atoms with Crippen LogP contribution in [0, 0.1) is 0 Å². The molecule has 1 aromatic rings. The van der Waals surface area contributed by atoms with E-state index in [1.165, 1.54) is 0 Å². The quantitative estimate of drug-likeness (QED) is 0.615. The molecule has 5 nitrogen and oxygen atoms in total. The molecule has 5 heteroatoms. The highest BCUT2D eigenvalue weighted by Crippen LogP contribution is 2.20. The third-order valence-electron chi connectivity index (χ3n) is 2.13. The average molecular weight is 192 g/mol. The van der Waals surface area contributed by atoms with Gasteiger partial charge in [-0.3, -0.25) is 15.2 Å². The molecule has 0 fully saturated rings. The molecule has 2 heterocycles. The molecule has 14 heavy (non-hydrogen) atoms. The molecule has 3 N–H and O–H groups in total. The van der Waals surface area contributed by atoms with Gasteiger partial charge in [0, 0.05) is 5.69 Å². The standard InChI is InChI=1S/C9H12N4O/c1-5(2)7-3-6-8(4-10-7)11-13-12-9(6)14/h3-5,11,13H,1-2H3,(H,12,14). The predicted octanol–water partition coefficient (Wildman–Crippen LogP) is 0.780. The van der Waals surface area contributed by atoms with Gasteiger partial charge in [-0.05, 0) is 12.0 Å². The van der Waals surface area contributed by atoms with Crippen molar-refractivity contribution in [3.8, 4) is 0 Å². The molecule has 0 radical (unpaired) electrons. The molecule has 0 saturated carbocycles. The second-order valence-electron chi connectivity index (χ2n) is 3.51. The first-order valence-electron chi connectivity index (χ1n) is 4.50. The molecule has 1 aliphatic heterocycles. The van der Waals surface area contributed by atoms with E-state index in [2.05, 4.69) is 21.4 Å². The number of rotatable bonds is 1. The molecule has 0 atom stereocenters. The highest BCUT2D eigenvalue weighted by Gasteiger charge is 2.17. The Labute approximate surface area is 81.9 Å². The molecular formula is C9H12N4O. The van der Waals surface area contributed by atoms with Gasteiger partial charge in [0.05, 0.1) is 17.4 Å². The van der Waals surface area contributed by atoms with Crippen molar-refractivity contribution >= 4 is 11.6 Å². The summed E-state index contributed by atoms with van der Waals surface area (Å²) in [6.07, 6.45) is 1.66. The fourth-order valence-corrected chi connectivity index (χ4v) is 1.30. The topological polar surface area (TPSA) is 66.1 Å². The number of amides is 1. The Hall–Kier alpha value is -1.62. The first-order valence-corrected chi connectivity index (χ1v) is 4.50. The minimum atomic E-state index is -0.136. The Balaban J connectivity index is 2.46. The van der Waals surface area contributed by atoms with Crippen LogP contribution in [0.5, 0.6) is 0 Å². The van der Waals surface area contributed by atoms with Crippen LogP contribution in [0.15, 0.2) is 12.3 Å². The number of nitrogens with zero attached hydrogens (tertiary/aromatic N) is 1. The number of hydrogen-bond donors (Lipinski definition) is 3. The zero-order chi connectivity index (χ0) is 10.1. The number of carbonyl (C=O) groups excluding carboxylic acids is 1. The summed E-state index contributed by atoms with van der Waals surface area (Å²) in [5.74, 6) is 0.186. The minimum Gasteiger partial charge on any atom is -0.302 e. The lowest BCUT2D eigenvalue weighted by atomic mass is 10.1. The summed E-state index contributed by atoms with van der Waals surface area (Å²) in [5, 5.41) is 0. The van der Waals surface area contributed by atoms with Crippen LogP contribution in [0.25, 0.3) is 0 Å². The predicted molar refractivity (Wildman–Crippen MR) is 52.6 cm³/mol. The molecule has 1 aromatic heterocycles. The Morgan fingerprint density at radius 2 is 2.14 bits per heavy atom. The summed E-state index contributed by atoms with van der Waals surface area (Å²) in [7, 11) is 0. The van der Waals surface area contributed by atoms with E-state index >= 15 is 0 Å². The smallest absolute Gasteiger partial charge is 0.269 e. The number of fused-ring (bicyclic) bond motifs is 1. The van der Waals surface area contributed by atoms with Gasteiger partial charge >= 0.3 is 0 Å². The van der Waals surface area contributed by atoms with Crippen LogP contribution in [0.3, 0.4) is 0 Å². The van der Waals surface area contributed by atoms with Crippen molar-refractivity contribution in [2.24, 2.45) is 0 Å². The molecule has 74 valence electrons. The van der Waals surface area contributed by atoms with Gasteiger partial charge in [-0.15, -0.1) is 5.53 Å². The number of nitrogens with one attached hydrogen (secondary N) is 3. The van der Waals surface area contributed by atoms with Crippen molar-refractivity contribution in [2.75, 3.05) is 5.43 Å². The molecule has 1 aliphatic rings. The van der Waals surface area contributed by atoms with Crippen LogP contribution < -0.4 is 16.4 Å². The van der Waals surface area contributed by atoms with Crippen molar-refractivity contribution in [3.63, 3.8) is 0 Å². The SMILES string of the molecule is CC(C)c1cc2c(cn1)NNNC2=O. The largest absolute Gasteiger partial charge is 0.302 e. The number of hydrazine groups is 2. The fourth-order valence-electron chi connectivity index (χ4n) is 1.30. The van der Waals surface area contributed by atoms with Crippen molar-refractivity contribution < 1.29 is 4.79 Å². The summed E-state index contributed by atoms with van der Waals surface area (Å²) in [5.41, 5.74) is 10.1. The third-order valence-corrected chi connectivity index (χ3v) is 2.13. The summed E-state index contributed by atoms with van der Waals surface area (Å²) in [6.45, 7) is 4.09. The first kappa shape index (κ1) is 8.96. The number of anilines is 1. The van der Waals surface area contributed by atoms with E-state index in [9.17, 15) is 4.79 Å². The monoisotopic (exact) mass is 192 g/mol. The molecule has 1 amide bonds. The lowest BCUT2D eigenvalue weighted by Crippen LogP contribution is -2.46. The second kappa shape index (κ2) is 3.26. The zero-order valence-electron chi connectivity index (χ0n) is 8.09. The minimum absolute atomic E-state index is 0.136. The van der Waals surface area contributed by atoms with Crippen LogP contribution in [0.2, 0.25) is 0 Å². The number of hydrogen-bond acceptors (Lipinski definition) is 4. The Morgan fingerprint density at radius 3 is 2.86 bits per heavy atom. The molecular weight excluding hydrogens is 180 g/mol. The van der Waals surface area contributed by atoms with Crippen molar-refractivity contribution in [2.45, 2.75) is 19.8 Å². The highest BCUT2D eigenvalue weighted by molar-refractivity contribution is 6.00. The Morgan fingerprint density at radius 1 is 1.36 bits per heavy atom. The molecule has 0 spiro atoms. The Bertz CT molecular complexity index is 375. The average Bonchev–Trinajstić information content (AvgIpc) is 2.18. The van der Waals surface area contributed by atoms with Crippen LogP contribution in [0.4, 0.5) is 5.69 Å². The van der Waals surface area contributed by atoms with E-state index in [-0.39, 0.29) is 5.91 Å². The molecule has 0 saturated heterocycles. The Kier molecular flexibility index (Phi) is 2.09. The van der Waals surface area contributed by atoms with Gasteiger partial charge in [-0.2, -0.15) is 0 Å². The lowest BCUT2D eigenvalue weighted by molar-refractivity contribution is 0.0931. The summed E-state index contributed by atoms with van der Waals surface area (Å²) in [6, 6.07) is 1.81. The van der Waals surface area contributed by atoms with Gasteiger partial charge in [-0.1, -0.05) is 13.8 Å². The normalized spacial score (nSPS) is 14.6. The third kappa shape index (κ3) is 1.42. The van der Waals surface area contributed by atoms with Crippen LogP contribution in [0.1, 0.15) is 35.8 Å². The summed E-state index contributed by atoms with van der Waals surface area (Å²) < 4.78 is 0. The van der Waals surface area contributed by atoms with E-state index in [0.717, 1.165) is 5.69 Å². The van der Waals surface area contributed by atoms with Crippen LogP contribution >= 0.6 is 0 Å². The van der Waals surface area contributed by atoms with Crippen LogP contribution in [-0.2, 0) is 0 Å². The van der Waals surface area contributed by atoms with Gasteiger partial charge in [0.2, 0.25) is 0 Å². The number of carbonyl (C=O) groups is 1. The van der Waals surface area contributed by atoms with Crippen molar-refractivity contribution in [3.05, 3.63) is 23.5 Å². The van der Waals surface area contributed by atoms with Crippen molar-refractivity contribution in [1.29, 1.82) is 0 Å². The summed E-state index contributed by atoms with van der Waals surface area (Å²) >= 11 is 0. The zero-order valence-corrected chi connectivity index (χ0v) is 8.09. The number of aromatic nitrogens is 1. The maximum atomic E-state index is 11.4. The second-order valence-corrected chi connectivity index (χ2v) is 3.51. The summed E-state index contributed by atoms with van der Waals surface area (Å²) in [4.78, 5) is 15.7. The van der Waals surface area contributed by atoms with Gasteiger partial charge < -0.3 is 5.43 Å². The highest BCUT2D eigenvalue weighted by atomic mass is 16.2. The van der Waals surface area contributed by atoms with E-state index in [1.54, 1.807) is 6.20 Å². The molecule has 0 aliphatic carbocycles. The van der Waals surface area contributed by atoms with Gasteiger partial charge in [0.15, 0.2) is 0 Å². The number of pyridine rings is 1. The first-order chi connectivity index (χ1) is 6.68.